The van der Waals surface area contributed by atoms with Crippen LogP contribution in [0, 0.1) is 6.92 Å². The van der Waals surface area contributed by atoms with Crippen LogP contribution in [0.25, 0.3) is 0 Å². The minimum atomic E-state index is 0.120. The molecule has 20 heavy (non-hydrogen) atoms. The maximum atomic E-state index is 12.0. The van der Waals surface area contributed by atoms with Crippen LogP contribution in [0.2, 0.25) is 0 Å². The molecule has 1 aromatic rings. The predicted octanol–water partition coefficient (Wildman–Crippen LogP) is 1.25. The Bertz CT molecular complexity index is 430. The Kier molecular flexibility index (Phi) is 5.56. The van der Waals surface area contributed by atoms with Gasteiger partial charge in [-0.1, -0.05) is 29.8 Å². The van der Waals surface area contributed by atoms with Crippen molar-refractivity contribution in [2.24, 2.45) is 0 Å². The van der Waals surface area contributed by atoms with E-state index in [-0.39, 0.29) is 5.91 Å². The number of rotatable bonds is 4. The van der Waals surface area contributed by atoms with Crippen molar-refractivity contribution in [1.82, 2.24) is 15.1 Å². The number of amides is 1. The molecule has 1 saturated heterocycles. The molecule has 4 nitrogen and oxygen atoms in total. The third kappa shape index (κ3) is 4.94. The number of benzene rings is 1. The van der Waals surface area contributed by atoms with Crippen LogP contribution in [-0.4, -0.2) is 55.5 Å². The summed E-state index contributed by atoms with van der Waals surface area (Å²) in [4.78, 5) is 16.5. The van der Waals surface area contributed by atoms with Gasteiger partial charge >= 0.3 is 0 Å². The van der Waals surface area contributed by atoms with Crippen molar-refractivity contribution in [3.63, 3.8) is 0 Å². The smallest absolute Gasteiger partial charge is 0.234 e. The average Bonchev–Trinajstić information content (AvgIpc) is 2.63. The van der Waals surface area contributed by atoms with Crippen LogP contribution in [0.1, 0.15) is 17.5 Å². The lowest BCUT2D eigenvalue weighted by Gasteiger charge is -2.19. The molecule has 0 radical (unpaired) electrons. The molecule has 1 amide bonds. The molecule has 0 spiro atoms. The van der Waals surface area contributed by atoms with Gasteiger partial charge in [-0.15, -0.1) is 0 Å². The lowest BCUT2D eigenvalue weighted by molar-refractivity contribution is -0.122. The summed E-state index contributed by atoms with van der Waals surface area (Å²) in [5.41, 5.74) is 2.40. The fraction of sp³-hybridized carbons (Fsp3) is 0.562. The molecule has 1 aromatic carbocycles. The maximum Gasteiger partial charge on any atom is 0.234 e. The van der Waals surface area contributed by atoms with Gasteiger partial charge in [-0.25, -0.2) is 0 Å². The van der Waals surface area contributed by atoms with E-state index in [1.165, 1.54) is 5.56 Å². The van der Waals surface area contributed by atoms with Crippen molar-refractivity contribution in [2.75, 3.05) is 39.8 Å². The van der Waals surface area contributed by atoms with Crippen LogP contribution >= 0.6 is 0 Å². The number of carbonyl (C=O) groups excluding carboxylic acids is 1. The zero-order chi connectivity index (χ0) is 14.4. The summed E-state index contributed by atoms with van der Waals surface area (Å²) in [5.74, 6) is 0.120. The van der Waals surface area contributed by atoms with E-state index >= 15 is 0 Å². The minimum Gasteiger partial charge on any atom is -0.351 e. The molecular formula is C16H25N3O. The molecule has 0 unspecified atom stereocenters. The Morgan fingerprint density at radius 3 is 2.65 bits per heavy atom. The third-order valence-corrected chi connectivity index (χ3v) is 3.79. The highest BCUT2D eigenvalue weighted by molar-refractivity contribution is 5.78. The average molecular weight is 275 g/mol. The fourth-order valence-electron chi connectivity index (χ4n) is 2.42. The summed E-state index contributed by atoms with van der Waals surface area (Å²) < 4.78 is 0. The number of nitrogens with one attached hydrogen (secondary N) is 1. The Morgan fingerprint density at radius 2 is 1.90 bits per heavy atom. The number of hydrogen-bond acceptors (Lipinski definition) is 3. The van der Waals surface area contributed by atoms with Gasteiger partial charge in [0.1, 0.15) is 0 Å². The minimum absolute atomic E-state index is 0.120. The van der Waals surface area contributed by atoms with Gasteiger partial charge in [0, 0.05) is 19.6 Å². The second kappa shape index (κ2) is 7.41. The molecule has 1 aliphatic rings. The number of nitrogens with zero attached hydrogens (tertiary/aromatic N) is 2. The van der Waals surface area contributed by atoms with E-state index in [2.05, 4.69) is 53.4 Å². The number of carbonyl (C=O) groups is 1. The Hall–Kier alpha value is -1.39. The van der Waals surface area contributed by atoms with Crippen LogP contribution in [0.5, 0.6) is 0 Å². The molecule has 0 atom stereocenters. The Labute approximate surface area is 121 Å². The monoisotopic (exact) mass is 275 g/mol. The maximum absolute atomic E-state index is 12.0. The van der Waals surface area contributed by atoms with Gasteiger partial charge in [0.2, 0.25) is 5.91 Å². The first-order valence-electron chi connectivity index (χ1n) is 7.36. The van der Waals surface area contributed by atoms with Gasteiger partial charge in [-0.3, -0.25) is 9.69 Å². The van der Waals surface area contributed by atoms with E-state index in [1.54, 1.807) is 0 Å². The zero-order valence-electron chi connectivity index (χ0n) is 12.6. The highest BCUT2D eigenvalue weighted by atomic mass is 16.2. The Morgan fingerprint density at radius 1 is 1.15 bits per heavy atom. The molecule has 1 aliphatic heterocycles. The van der Waals surface area contributed by atoms with Crippen LogP contribution in [0.15, 0.2) is 24.3 Å². The summed E-state index contributed by atoms with van der Waals surface area (Å²) >= 11 is 0. The van der Waals surface area contributed by atoms with Crippen molar-refractivity contribution in [3.05, 3.63) is 35.4 Å². The van der Waals surface area contributed by atoms with E-state index in [9.17, 15) is 4.79 Å². The van der Waals surface area contributed by atoms with Gasteiger partial charge in [0.15, 0.2) is 0 Å². The van der Waals surface area contributed by atoms with Crippen LogP contribution < -0.4 is 5.32 Å². The first-order valence-corrected chi connectivity index (χ1v) is 7.36. The van der Waals surface area contributed by atoms with E-state index in [0.29, 0.717) is 13.1 Å². The summed E-state index contributed by atoms with van der Waals surface area (Å²) in [7, 11) is 2.14. The molecule has 0 aliphatic carbocycles. The van der Waals surface area contributed by atoms with Crippen molar-refractivity contribution in [2.45, 2.75) is 19.9 Å². The van der Waals surface area contributed by atoms with E-state index in [4.69, 9.17) is 0 Å². The molecule has 4 heteroatoms. The summed E-state index contributed by atoms with van der Waals surface area (Å²) in [6.45, 7) is 7.37. The van der Waals surface area contributed by atoms with Gasteiger partial charge < -0.3 is 10.2 Å². The highest BCUT2D eigenvalue weighted by Crippen LogP contribution is 2.03. The number of likely N-dealkylation sites (N-methyl/N-ethyl adjacent to an activating group) is 1. The molecule has 110 valence electrons. The van der Waals surface area contributed by atoms with E-state index in [1.807, 2.05) is 0 Å². The third-order valence-electron chi connectivity index (χ3n) is 3.79. The van der Waals surface area contributed by atoms with Crippen molar-refractivity contribution >= 4 is 5.91 Å². The van der Waals surface area contributed by atoms with Crippen LogP contribution in [0.4, 0.5) is 0 Å². The molecule has 1 N–H and O–H groups in total. The normalized spacial score (nSPS) is 17.7. The SMILES string of the molecule is Cc1ccc(CNC(=O)CN2CCCN(C)CC2)cc1. The highest BCUT2D eigenvalue weighted by Gasteiger charge is 2.14. The molecule has 2 rings (SSSR count). The van der Waals surface area contributed by atoms with Crippen molar-refractivity contribution < 1.29 is 4.79 Å². The van der Waals surface area contributed by atoms with E-state index in [0.717, 1.165) is 38.2 Å². The number of hydrogen-bond donors (Lipinski definition) is 1. The van der Waals surface area contributed by atoms with Crippen LogP contribution in [0.3, 0.4) is 0 Å². The van der Waals surface area contributed by atoms with Gasteiger partial charge in [0.25, 0.3) is 0 Å². The van der Waals surface area contributed by atoms with E-state index < -0.39 is 0 Å². The molecule has 0 saturated carbocycles. The lowest BCUT2D eigenvalue weighted by Crippen LogP contribution is -2.38. The number of aryl methyl sites for hydroxylation is 1. The fourth-order valence-corrected chi connectivity index (χ4v) is 2.42. The first-order chi connectivity index (χ1) is 9.63. The summed E-state index contributed by atoms with van der Waals surface area (Å²) in [6, 6.07) is 8.28. The molecule has 1 heterocycles. The van der Waals surface area contributed by atoms with Crippen molar-refractivity contribution in [3.8, 4) is 0 Å². The molecule has 0 bridgehead atoms. The summed E-state index contributed by atoms with van der Waals surface area (Å²) in [6.07, 6.45) is 1.14. The standard InChI is InChI=1S/C16H25N3O/c1-14-4-6-15(7-5-14)12-17-16(20)13-19-9-3-8-18(2)10-11-19/h4-7H,3,8-13H2,1-2H3,(H,17,20). The van der Waals surface area contributed by atoms with Gasteiger partial charge in [-0.2, -0.15) is 0 Å². The predicted molar refractivity (Wildman–Crippen MR) is 81.6 cm³/mol. The Balaban J connectivity index is 1.73. The first kappa shape index (κ1) is 15.0. The van der Waals surface area contributed by atoms with Gasteiger partial charge in [-0.05, 0) is 39.0 Å². The van der Waals surface area contributed by atoms with Crippen LogP contribution in [-0.2, 0) is 11.3 Å². The topological polar surface area (TPSA) is 35.6 Å². The largest absolute Gasteiger partial charge is 0.351 e. The quantitative estimate of drug-likeness (QED) is 0.898. The second-order valence-electron chi connectivity index (χ2n) is 5.70. The summed E-state index contributed by atoms with van der Waals surface area (Å²) in [5, 5.41) is 3.00. The van der Waals surface area contributed by atoms with Crippen molar-refractivity contribution in [1.29, 1.82) is 0 Å². The zero-order valence-corrected chi connectivity index (χ0v) is 12.6. The second-order valence-corrected chi connectivity index (χ2v) is 5.70. The lowest BCUT2D eigenvalue weighted by atomic mass is 10.1. The van der Waals surface area contributed by atoms with Gasteiger partial charge in [0.05, 0.1) is 6.54 Å². The molecule has 1 fully saturated rings. The molecule has 0 aromatic heterocycles. The molecular weight excluding hydrogens is 250 g/mol.